The molecule has 0 saturated heterocycles. The standard InChI is InChI=1S/C13H20N4S/c1-4-13-16-12(9-18-13)6-14-11(3)8-17-7-10(2)5-15-17/h5,7,9,11,14H,4,6,8H2,1-3H3. The Kier molecular flexibility index (Phi) is 4.49. The summed E-state index contributed by atoms with van der Waals surface area (Å²) >= 11 is 1.74. The zero-order valence-corrected chi connectivity index (χ0v) is 12.0. The molecule has 1 N–H and O–H groups in total. The molecule has 2 aromatic heterocycles. The Balaban J connectivity index is 1.79. The molecule has 2 aromatic rings. The Bertz CT molecular complexity index is 489. The van der Waals surface area contributed by atoms with E-state index in [2.05, 4.69) is 47.7 Å². The van der Waals surface area contributed by atoms with Crippen molar-refractivity contribution in [2.24, 2.45) is 0 Å². The average Bonchev–Trinajstić information content (AvgIpc) is 2.95. The van der Waals surface area contributed by atoms with Gasteiger partial charge in [-0.25, -0.2) is 4.98 Å². The van der Waals surface area contributed by atoms with Crippen LogP contribution in [0.25, 0.3) is 0 Å². The van der Waals surface area contributed by atoms with Gasteiger partial charge in [-0.2, -0.15) is 5.10 Å². The third kappa shape index (κ3) is 3.65. The van der Waals surface area contributed by atoms with Gasteiger partial charge in [-0.15, -0.1) is 11.3 Å². The predicted octanol–water partition coefficient (Wildman–Crippen LogP) is 2.39. The van der Waals surface area contributed by atoms with Crippen LogP contribution in [0.15, 0.2) is 17.8 Å². The molecule has 0 aliphatic rings. The Labute approximate surface area is 112 Å². The molecule has 4 nitrogen and oxygen atoms in total. The fourth-order valence-corrected chi connectivity index (χ4v) is 2.53. The zero-order chi connectivity index (χ0) is 13.0. The molecular formula is C13H20N4S. The van der Waals surface area contributed by atoms with E-state index in [4.69, 9.17) is 0 Å². The summed E-state index contributed by atoms with van der Waals surface area (Å²) in [5, 5.41) is 11.1. The lowest BCUT2D eigenvalue weighted by Crippen LogP contribution is -2.30. The van der Waals surface area contributed by atoms with Gasteiger partial charge in [0, 0.05) is 24.2 Å². The van der Waals surface area contributed by atoms with Gasteiger partial charge in [0.05, 0.1) is 23.4 Å². The molecule has 0 radical (unpaired) electrons. The van der Waals surface area contributed by atoms with E-state index in [0.717, 1.165) is 25.2 Å². The van der Waals surface area contributed by atoms with Crippen molar-refractivity contribution in [2.45, 2.75) is 46.3 Å². The first kappa shape index (κ1) is 13.2. The van der Waals surface area contributed by atoms with Crippen molar-refractivity contribution in [3.63, 3.8) is 0 Å². The maximum Gasteiger partial charge on any atom is 0.0926 e. The fourth-order valence-electron chi connectivity index (χ4n) is 1.78. The summed E-state index contributed by atoms with van der Waals surface area (Å²) in [7, 11) is 0. The van der Waals surface area contributed by atoms with Gasteiger partial charge in [-0.1, -0.05) is 6.92 Å². The summed E-state index contributed by atoms with van der Waals surface area (Å²) in [5.41, 5.74) is 2.34. The van der Waals surface area contributed by atoms with E-state index in [1.807, 2.05) is 10.9 Å². The summed E-state index contributed by atoms with van der Waals surface area (Å²) in [4.78, 5) is 4.55. The van der Waals surface area contributed by atoms with Gasteiger partial charge < -0.3 is 5.32 Å². The maximum atomic E-state index is 4.55. The molecule has 0 bridgehead atoms. The molecule has 98 valence electrons. The molecule has 0 aliphatic heterocycles. The van der Waals surface area contributed by atoms with Crippen LogP contribution in [-0.2, 0) is 19.5 Å². The van der Waals surface area contributed by atoms with E-state index in [9.17, 15) is 0 Å². The summed E-state index contributed by atoms with van der Waals surface area (Å²) in [6.07, 6.45) is 4.98. The molecule has 1 atom stereocenters. The number of hydrogen-bond acceptors (Lipinski definition) is 4. The molecule has 5 heteroatoms. The normalized spacial score (nSPS) is 12.8. The summed E-state index contributed by atoms with van der Waals surface area (Å²) in [6, 6.07) is 0.385. The number of nitrogens with one attached hydrogen (secondary N) is 1. The Hall–Kier alpha value is -1.20. The highest BCUT2D eigenvalue weighted by Gasteiger charge is 2.05. The van der Waals surface area contributed by atoms with Crippen LogP contribution in [0.2, 0.25) is 0 Å². The Morgan fingerprint density at radius 1 is 1.50 bits per heavy atom. The molecule has 2 rings (SSSR count). The lowest BCUT2D eigenvalue weighted by atomic mass is 10.3. The second-order valence-electron chi connectivity index (χ2n) is 4.61. The highest BCUT2D eigenvalue weighted by Crippen LogP contribution is 2.10. The molecule has 0 amide bonds. The molecule has 2 heterocycles. The number of nitrogens with zero attached hydrogens (tertiary/aromatic N) is 3. The van der Waals surface area contributed by atoms with Gasteiger partial charge in [-0.3, -0.25) is 4.68 Å². The molecule has 0 aliphatic carbocycles. The van der Waals surface area contributed by atoms with Crippen molar-refractivity contribution in [3.8, 4) is 0 Å². The number of aromatic nitrogens is 3. The summed E-state index contributed by atoms with van der Waals surface area (Å²) in [5.74, 6) is 0. The van der Waals surface area contributed by atoms with Gasteiger partial charge in [-0.05, 0) is 25.8 Å². The number of thiazole rings is 1. The van der Waals surface area contributed by atoms with E-state index in [1.165, 1.54) is 10.6 Å². The largest absolute Gasteiger partial charge is 0.307 e. The fraction of sp³-hybridized carbons (Fsp3) is 0.538. The van der Waals surface area contributed by atoms with E-state index >= 15 is 0 Å². The second kappa shape index (κ2) is 6.11. The molecule has 0 aromatic carbocycles. The topological polar surface area (TPSA) is 42.7 Å². The smallest absolute Gasteiger partial charge is 0.0926 e. The number of aryl methyl sites for hydroxylation is 2. The van der Waals surface area contributed by atoms with Gasteiger partial charge in [0.25, 0.3) is 0 Å². The van der Waals surface area contributed by atoms with Crippen LogP contribution in [0, 0.1) is 6.92 Å². The van der Waals surface area contributed by atoms with E-state index < -0.39 is 0 Å². The van der Waals surface area contributed by atoms with Gasteiger partial charge in [0.2, 0.25) is 0 Å². The maximum absolute atomic E-state index is 4.55. The van der Waals surface area contributed by atoms with Crippen LogP contribution >= 0.6 is 11.3 Å². The van der Waals surface area contributed by atoms with Gasteiger partial charge >= 0.3 is 0 Å². The average molecular weight is 264 g/mol. The van der Waals surface area contributed by atoms with Crippen molar-refractivity contribution in [2.75, 3.05) is 0 Å². The highest BCUT2D eigenvalue weighted by molar-refractivity contribution is 7.09. The third-order valence-corrected chi connectivity index (χ3v) is 3.80. The van der Waals surface area contributed by atoms with Gasteiger partial charge in [0.1, 0.15) is 0 Å². The molecule has 18 heavy (non-hydrogen) atoms. The van der Waals surface area contributed by atoms with Crippen LogP contribution in [0.3, 0.4) is 0 Å². The Morgan fingerprint density at radius 2 is 2.33 bits per heavy atom. The van der Waals surface area contributed by atoms with Crippen molar-refractivity contribution in [3.05, 3.63) is 34.0 Å². The number of hydrogen-bond donors (Lipinski definition) is 1. The molecule has 1 unspecified atom stereocenters. The molecule has 0 spiro atoms. The molecule has 0 saturated carbocycles. The Morgan fingerprint density at radius 3 is 2.94 bits per heavy atom. The minimum Gasteiger partial charge on any atom is -0.307 e. The molecule has 0 fully saturated rings. The van der Waals surface area contributed by atoms with Crippen molar-refractivity contribution in [1.82, 2.24) is 20.1 Å². The van der Waals surface area contributed by atoms with Crippen molar-refractivity contribution < 1.29 is 0 Å². The summed E-state index contributed by atoms with van der Waals surface area (Å²) < 4.78 is 1.98. The third-order valence-electron chi connectivity index (χ3n) is 2.76. The van der Waals surface area contributed by atoms with E-state index in [0.29, 0.717) is 6.04 Å². The molecular weight excluding hydrogens is 244 g/mol. The van der Waals surface area contributed by atoms with E-state index in [-0.39, 0.29) is 0 Å². The summed E-state index contributed by atoms with van der Waals surface area (Å²) in [6.45, 7) is 8.09. The van der Waals surface area contributed by atoms with Gasteiger partial charge in [0.15, 0.2) is 0 Å². The monoisotopic (exact) mass is 264 g/mol. The quantitative estimate of drug-likeness (QED) is 0.871. The van der Waals surface area contributed by atoms with Crippen molar-refractivity contribution >= 4 is 11.3 Å². The van der Waals surface area contributed by atoms with Crippen molar-refractivity contribution in [1.29, 1.82) is 0 Å². The minimum absolute atomic E-state index is 0.385. The van der Waals surface area contributed by atoms with Crippen LogP contribution in [-0.4, -0.2) is 20.8 Å². The number of rotatable bonds is 6. The first-order chi connectivity index (χ1) is 8.67. The minimum atomic E-state index is 0.385. The predicted molar refractivity (Wildman–Crippen MR) is 74.8 cm³/mol. The lowest BCUT2D eigenvalue weighted by molar-refractivity contribution is 0.448. The van der Waals surface area contributed by atoms with E-state index in [1.54, 1.807) is 11.3 Å². The van der Waals surface area contributed by atoms with Crippen LogP contribution < -0.4 is 5.32 Å². The second-order valence-corrected chi connectivity index (χ2v) is 5.55. The highest BCUT2D eigenvalue weighted by atomic mass is 32.1. The van der Waals surface area contributed by atoms with Crippen LogP contribution in [0.1, 0.15) is 30.1 Å². The first-order valence-corrected chi connectivity index (χ1v) is 7.21. The lowest BCUT2D eigenvalue weighted by Gasteiger charge is -2.12. The first-order valence-electron chi connectivity index (χ1n) is 6.33. The van der Waals surface area contributed by atoms with Crippen LogP contribution in [0.4, 0.5) is 0 Å². The van der Waals surface area contributed by atoms with Crippen LogP contribution in [0.5, 0.6) is 0 Å². The SMILES string of the molecule is CCc1nc(CNC(C)Cn2cc(C)cn2)cs1. The zero-order valence-electron chi connectivity index (χ0n) is 11.2.